The molecular weight excluding hydrogens is 275 g/mol. The number of anilines is 2. The van der Waals surface area contributed by atoms with Crippen LogP contribution in [0.1, 0.15) is 0 Å². The molecule has 0 saturated carbocycles. The molecule has 0 aliphatic heterocycles. The van der Waals surface area contributed by atoms with Crippen molar-refractivity contribution in [2.75, 3.05) is 24.7 Å². The van der Waals surface area contributed by atoms with Crippen LogP contribution < -0.4 is 10.6 Å². The Morgan fingerprint density at radius 3 is 2.35 bits per heavy atom. The van der Waals surface area contributed by atoms with Crippen LogP contribution in [0.15, 0.2) is 35.0 Å². The molecule has 5 heteroatoms. The standard InChI is InChI=1S/C12H14N2S.2ClH/c1-14(2)12-4-3-10(13)7-11(12)9-5-6-15-8-9;;/h3-8H,13H2,1-2H3;2*1H. The van der Waals surface area contributed by atoms with Crippen molar-refractivity contribution in [1.82, 2.24) is 0 Å². The summed E-state index contributed by atoms with van der Waals surface area (Å²) >= 11 is 1.70. The van der Waals surface area contributed by atoms with E-state index in [4.69, 9.17) is 5.73 Å². The number of nitrogen functional groups attached to an aromatic ring is 1. The van der Waals surface area contributed by atoms with Gasteiger partial charge in [-0.15, -0.1) is 24.8 Å². The Labute approximate surface area is 118 Å². The van der Waals surface area contributed by atoms with Crippen LogP contribution in [0.2, 0.25) is 0 Å². The largest absolute Gasteiger partial charge is 0.399 e. The van der Waals surface area contributed by atoms with Crippen molar-refractivity contribution in [2.24, 2.45) is 0 Å². The lowest BCUT2D eigenvalue weighted by atomic mass is 10.1. The van der Waals surface area contributed by atoms with Crippen LogP contribution in [0.25, 0.3) is 11.1 Å². The highest BCUT2D eigenvalue weighted by Crippen LogP contribution is 2.32. The molecule has 0 spiro atoms. The SMILES string of the molecule is CN(C)c1ccc(N)cc1-c1ccsc1.Cl.Cl. The molecule has 94 valence electrons. The fourth-order valence-corrected chi connectivity index (χ4v) is 2.25. The van der Waals surface area contributed by atoms with Crippen molar-refractivity contribution in [3.63, 3.8) is 0 Å². The lowest BCUT2D eigenvalue weighted by molar-refractivity contribution is 1.13. The van der Waals surface area contributed by atoms with E-state index in [9.17, 15) is 0 Å². The lowest BCUT2D eigenvalue weighted by Crippen LogP contribution is -2.10. The van der Waals surface area contributed by atoms with Crippen molar-refractivity contribution < 1.29 is 0 Å². The minimum atomic E-state index is 0. The highest BCUT2D eigenvalue weighted by Gasteiger charge is 2.07. The van der Waals surface area contributed by atoms with Crippen LogP contribution >= 0.6 is 36.2 Å². The van der Waals surface area contributed by atoms with E-state index >= 15 is 0 Å². The summed E-state index contributed by atoms with van der Waals surface area (Å²) in [5, 5.41) is 4.22. The van der Waals surface area contributed by atoms with Gasteiger partial charge in [-0.2, -0.15) is 11.3 Å². The molecule has 1 aromatic heterocycles. The summed E-state index contributed by atoms with van der Waals surface area (Å²) < 4.78 is 0. The van der Waals surface area contributed by atoms with Crippen LogP contribution in [0.5, 0.6) is 0 Å². The van der Waals surface area contributed by atoms with Gasteiger partial charge in [-0.25, -0.2) is 0 Å². The fourth-order valence-electron chi connectivity index (χ4n) is 1.59. The number of halogens is 2. The van der Waals surface area contributed by atoms with E-state index in [-0.39, 0.29) is 24.8 Å². The number of hydrogen-bond acceptors (Lipinski definition) is 3. The molecule has 0 radical (unpaired) electrons. The van der Waals surface area contributed by atoms with Crippen LogP contribution in [-0.2, 0) is 0 Å². The second kappa shape index (κ2) is 6.74. The molecule has 0 aliphatic rings. The number of hydrogen-bond donors (Lipinski definition) is 1. The van der Waals surface area contributed by atoms with Crippen LogP contribution in [0, 0.1) is 0 Å². The number of benzene rings is 1. The monoisotopic (exact) mass is 290 g/mol. The van der Waals surface area contributed by atoms with E-state index in [1.54, 1.807) is 11.3 Å². The molecule has 1 aromatic carbocycles. The van der Waals surface area contributed by atoms with E-state index in [0.717, 1.165) is 5.69 Å². The maximum atomic E-state index is 5.82. The summed E-state index contributed by atoms with van der Waals surface area (Å²) in [5.41, 5.74) is 10.3. The summed E-state index contributed by atoms with van der Waals surface area (Å²) in [4.78, 5) is 2.10. The quantitative estimate of drug-likeness (QED) is 0.850. The van der Waals surface area contributed by atoms with Crippen molar-refractivity contribution >= 4 is 47.5 Å². The van der Waals surface area contributed by atoms with Crippen LogP contribution in [0.3, 0.4) is 0 Å². The Kier molecular flexibility index (Phi) is 6.39. The van der Waals surface area contributed by atoms with E-state index in [2.05, 4.69) is 27.8 Å². The summed E-state index contributed by atoms with van der Waals surface area (Å²) in [7, 11) is 4.09. The van der Waals surface area contributed by atoms with Gasteiger partial charge in [-0.3, -0.25) is 0 Å². The molecule has 0 saturated heterocycles. The molecule has 0 atom stereocenters. The maximum Gasteiger partial charge on any atom is 0.0442 e. The summed E-state index contributed by atoms with van der Waals surface area (Å²) in [6, 6.07) is 8.14. The maximum absolute atomic E-state index is 5.82. The molecule has 2 nitrogen and oxygen atoms in total. The van der Waals surface area contributed by atoms with Crippen molar-refractivity contribution in [2.45, 2.75) is 0 Å². The first-order valence-electron chi connectivity index (χ1n) is 4.78. The average molecular weight is 291 g/mol. The van der Waals surface area contributed by atoms with E-state index in [1.807, 2.05) is 26.2 Å². The molecule has 0 unspecified atom stereocenters. The Hall–Kier alpha value is -0.900. The Bertz CT molecular complexity index is 456. The van der Waals surface area contributed by atoms with Gasteiger partial charge in [-0.1, -0.05) is 0 Å². The Balaban J connectivity index is 0.00000128. The van der Waals surface area contributed by atoms with Gasteiger partial charge in [-0.05, 0) is 40.6 Å². The van der Waals surface area contributed by atoms with E-state index in [0.29, 0.717) is 0 Å². The average Bonchev–Trinajstić information content (AvgIpc) is 2.69. The second-order valence-electron chi connectivity index (χ2n) is 3.68. The zero-order valence-corrected chi connectivity index (χ0v) is 12.2. The highest BCUT2D eigenvalue weighted by atomic mass is 35.5. The summed E-state index contributed by atoms with van der Waals surface area (Å²) in [6.45, 7) is 0. The predicted octanol–water partition coefficient (Wildman–Crippen LogP) is 3.91. The van der Waals surface area contributed by atoms with Gasteiger partial charge in [0, 0.05) is 31.0 Å². The van der Waals surface area contributed by atoms with Gasteiger partial charge >= 0.3 is 0 Å². The van der Waals surface area contributed by atoms with Gasteiger partial charge in [0.15, 0.2) is 0 Å². The number of nitrogens with two attached hydrogens (primary N) is 1. The highest BCUT2D eigenvalue weighted by molar-refractivity contribution is 7.08. The van der Waals surface area contributed by atoms with Gasteiger partial charge in [0.2, 0.25) is 0 Å². The molecule has 2 aromatic rings. The van der Waals surface area contributed by atoms with Gasteiger partial charge in [0.25, 0.3) is 0 Å². The van der Waals surface area contributed by atoms with E-state index < -0.39 is 0 Å². The molecule has 1 heterocycles. The van der Waals surface area contributed by atoms with Gasteiger partial charge < -0.3 is 10.6 Å². The molecular formula is C12H16Cl2N2S. The molecule has 0 bridgehead atoms. The Morgan fingerprint density at radius 2 is 1.82 bits per heavy atom. The van der Waals surface area contributed by atoms with Crippen LogP contribution in [0.4, 0.5) is 11.4 Å². The smallest absolute Gasteiger partial charge is 0.0442 e. The van der Waals surface area contributed by atoms with Crippen molar-refractivity contribution in [1.29, 1.82) is 0 Å². The molecule has 2 N–H and O–H groups in total. The molecule has 0 fully saturated rings. The molecule has 0 amide bonds. The fraction of sp³-hybridized carbons (Fsp3) is 0.167. The first-order valence-corrected chi connectivity index (χ1v) is 5.72. The number of nitrogens with zero attached hydrogens (tertiary/aromatic N) is 1. The van der Waals surface area contributed by atoms with Crippen molar-refractivity contribution in [3.05, 3.63) is 35.0 Å². The second-order valence-corrected chi connectivity index (χ2v) is 4.46. The molecule has 17 heavy (non-hydrogen) atoms. The number of thiophene rings is 1. The van der Waals surface area contributed by atoms with Crippen LogP contribution in [-0.4, -0.2) is 14.1 Å². The molecule has 2 rings (SSSR count). The third kappa shape index (κ3) is 3.53. The predicted molar refractivity (Wildman–Crippen MR) is 83.0 cm³/mol. The van der Waals surface area contributed by atoms with Gasteiger partial charge in [0.1, 0.15) is 0 Å². The third-order valence-electron chi connectivity index (χ3n) is 2.33. The topological polar surface area (TPSA) is 29.3 Å². The number of rotatable bonds is 2. The van der Waals surface area contributed by atoms with E-state index in [1.165, 1.54) is 16.8 Å². The first-order chi connectivity index (χ1) is 7.18. The normalized spacial score (nSPS) is 9.06. The summed E-state index contributed by atoms with van der Waals surface area (Å²) in [6.07, 6.45) is 0. The lowest BCUT2D eigenvalue weighted by Gasteiger charge is -2.17. The molecule has 0 aliphatic carbocycles. The third-order valence-corrected chi connectivity index (χ3v) is 3.02. The zero-order valence-electron chi connectivity index (χ0n) is 9.71. The zero-order chi connectivity index (χ0) is 10.8. The summed E-state index contributed by atoms with van der Waals surface area (Å²) in [5.74, 6) is 0. The van der Waals surface area contributed by atoms with Gasteiger partial charge in [0.05, 0.1) is 0 Å². The minimum absolute atomic E-state index is 0. The minimum Gasteiger partial charge on any atom is -0.399 e. The Morgan fingerprint density at radius 1 is 1.12 bits per heavy atom. The van der Waals surface area contributed by atoms with Crippen molar-refractivity contribution in [3.8, 4) is 11.1 Å². The first kappa shape index (κ1) is 16.1.